The minimum atomic E-state index is -0.414. The van der Waals surface area contributed by atoms with E-state index < -0.39 is 5.41 Å². The second kappa shape index (κ2) is 8.00. The number of hydrogen-bond acceptors (Lipinski definition) is 2. The lowest BCUT2D eigenvalue weighted by atomic mass is 9.71. The molecular weight excluding hydrogens is 366 g/mol. The van der Waals surface area contributed by atoms with Crippen LogP contribution in [0, 0.1) is 0 Å². The van der Waals surface area contributed by atoms with E-state index in [2.05, 4.69) is 91.0 Å². The highest BCUT2D eigenvalue weighted by atomic mass is 16.3. The van der Waals surface area contributed by atoms with Crippen molar-refractivity contribution < 1.29 is 4.42 Å². The molecule has 0 N–H and O–H groups in total. The van der Waals surface area contributed by atoms with Gasteiger partial charge in [-0.2, -0.15) is 0 Å². The first-order valence-electron chi connectivity index (χ1n) is 10.3. The fraction of sp³-hybridized carbons (Fsp3) is 0.107. The molecule has 0 aliphatic rings. The first kappa shape index (κ1) is 18.4. The van der Waals surface area contributed by atoms with Gasteiger partial charge in [0.25, 0.3) is 0 Å². The Bertz CT molecular complexity index is 1150. The van der Waals surface area contributed by atoms with Crippen LogP contribution in [0.2, 0.25) is 0 Å². The Morgan fingerprint density at radius 2 is 1.07 bits per heavy atom. The van der Waals surface area contributed by atoms with Crippen molar-refractivity contribution in [2.24, 2.45) is 0 Å². The normalized spacial score (nSPS) is 11.6. The van der Waals surface area contributed by atoms with Gasteiger partial charge in [-0.25, -0.2) is 4.98 Å². The highest BCUT2D eigenvalue weighted by molar-refractivity contribution is 5.72. The molecule has 2 heteroatoms. The first-order valence-corrected chi connectivity index (χ1v) is 10.3. The third-order valence-corrected chi connectivity index (χ3v) is 5.73. The summed E-state index contributed by atoms with van der Waals surface area (Å²) in [4.78, 5) is 4.99. The van der Waals surface area contributed by atoms with Crippen molar-refractivity contribution in [1.82, 2.24) is 4.98 Å². The quantitative estimate of drug-likeness (QED) is 0.327. The van der Waals surface area contributed by atoms with E-state index in [0.717, 1.165) is 29.8 Å². The molecule has 0 aliphatic heterocycles. The summed E-state index contributed by atoms with van der Waals surface area (Å²) in [5.41, 5.74) is 5.05. The van der Waals surface area contributed by atoms with Gasteiger partial charge in [-0.15, -0.1) is 0 Å². The number of aromatic nitrogens is 1. The van der Waals surface area contributed by atoms with E-state index >= 15 is 0 Å². The first-order chi connectivity index (χ1) is 14.8. The van der Waals surface area contributed by atoms with Gasteiger partial charge in [0.2, 0.25) is 5.89 Å². The smallest absolute Gasteiger partial charge is 0.206 e. The van der Waals surface area contributed by atoms with E-state index in [-0.39, 0.29) is 0 Å². The van der Waals surface area contributed by atoms with Crippen molar-refractivity contribution >= 4 is 11.1 Å². The molecule has 0 aliphatic carbocycles. The summed E-state index contributed by atoms with van der Waals surface area (Å²) in [5, 5.41) is 0. The Labute approximate surface area is 176 Å². The number of oxazole rings is 1. The van der Waals surface area contributed by atoms with E-state index in [9.17, 15) is 0 Å². The molecule has 0 unspecified atom stereocenters. The van der Waals surface area contributed by atoms with Crippen LogP contribution >= 0.6 is 0 Å². The molecule has 5 rings (SSSR count). The number of nitrogens with zero attached hydrogens (tertiary/aromatic N) is 1. The molecule has 30 heavy (non-hydrogen) atoms. The van der Waals surface area contributed by atoms with Crippen molar-refractivity contribution in [1.29, 1.82) is 0 Å². The van der Waals surface area contributed by atoms with E-state index in [4.69, 9.17) is 9.40 Å². The standard InChI is InChI=1S/C28H23NO/c1-4-12-22(13-5-1)20-28(24-16-8-3-9-17-24,21-23-14-6-2-7-15-23)27-29-25-18-10-11-19-26(25)30-27/h1-19H,20-21H2. The van der Waals surface area contributed by atoms with Crippen LogP contribution in [0.15, 0.2) is 120 Å². The molecule has 0 atom stereocenters. The number of benzene rings is 4. The van der Waals surface area contributed by atoms with E-state index in [1.54, 1.807) is 0 Å². The van der Waals surface area contributed by atoms with E-state index in [0.29, 0.717) is 0 Å². The molecule has 1 aromatic heterocycles. The lowest BCUT2D eigenvalue weighted by Crippen LogP contribution is -2.33. The lowest BCUT2D eigenvalue weighted by Gasteiger charge is -2.32. The molecule has 4 aromatic carbocycles. The summed E-state index contributed by atoms with van der Waals surface area (Å²) in [5.74, 6) is 0.766. The van der Waals surface area contributed by atoms with Gasteiger partial charge < -0.3 is 4.42 Å². The van der Waals surface area contributed by atoms with Crippen molar-refractivity contribution in [2.45, 2.75) is 18.3 Å². The van der Waals surface area contributed by atoms with Gasteiger partial charge in [0.1, 0.15) is 5.52 Å². The fourth-order valence-electron chi connectivity index (χ4n) is 4.26. The predicted molar refractivity (Wildman–Crippen MR) is 122 cm³/mol. The minimum Gasteiger partial charge on any atom is -0.440 e. The van der Waals surface area contributed by atoms with Gasteiger partial charge in [-0.1, -0.05) is 103 Å². The Hall–Kier alpha value is -3.65. The highest BCUT2D eigenvalue weighted by Gasteiger charge is 2.39. The zero-order chi connectivity index (χ0) is 20.2. The van der Waals surface area contributed by atoms with Gasteiger partial charge in [0.05, 0.1) is 5.41 Å². The van der Waals surface area contributed by atoms with Crippen molar-refractivity contribution in [2.75, 3.05) is 0 Å². The van der Waals surface area contributed by atoms with Gasteiger partial charge in [-0.05, 0) is 41.7 Å². The second-order valence-electron chi connectivity index (χ2n) is 7.76. The Morgan fingerprint density at radius 1 is 0.567 bits per heavy atom. The van der Waals surface area contributed by atoms with Crippen LogP contribution in [0.1, 0.15) is 22.6 Å². The summed E-state index contributed by atoms with van der Waals surface area (Å²) in [7, 11) is 0. The molecule has 0 saturated carbocycles. The number of fused-ring (bicyclic) bond motifs is 1. The molecular formula is C28H23NO. The largest absolute Gasteiger partial charge is 0.440 e. The summed E-state index contributed by atoms with van der Waals surface area (Å²) >= 11 is 0. The van der Waals surface area contributed by atoms with Gasteiger partial charge in [-0.3, -0.25) is 0 Å². The molecule has 1 heterocycles. The van der Waals surface area contributed by atoms with Gasteiger partial charge >= 0.3 is 0 Å². The van der Waals surface area contributed by atoms with Crippen LogP contribution in [0.5, 0.6) is 0 Å². The summed E-state index contributed by atoms with van der Waals surface area (Å²) < 4.78 is 6.42. The molecule has 0 fully saturated rings. The zero-order valence-electron chi connectivity index (χ0n) is 16.7. The minimum absolute atomic E-state index is 0.414. The number of rotatable bonds is 6. The summed E-state index contributed by atoms with van der Waals surface area (Å²) in [6.45, 7) is 0. The Kier molecular flexibility index (Phi) is 4.90. The maximum Gasteiger partial charge on any atom is 0.206 e. The molecule has 0 saturated heterocycles. The highest BCUT2D eigenvalue weighted by Crippen LogP contribution is 2.40. The third kappa shape index (κ3) is 3.53. The van der Waals surface area contributed by atoms with Crippen LogP contribution in [-0.2, 0) is 18.3 Å². The SMILES string of the molecule is c1ccc(CC(Cc2ccccc2)(c2ccccc2)c2nc3ccccc3o2)cc1. The second-order valence-corrected chi connectivity index (χ2v) is 7.76. The monoisotopic (exact) mass is 389 g/mol. The zero-order valence-corrected chi connectivity index (χ0v) is 16.7. The molecule has 146 valence electrons. The van der Waals surface area contributed by atoms with Crippen LogP contribution in [0.25, 0.3) is 11.1 Å². The molecule has 0 bridgehead atoms. The molecule has 2 nitrogen and oxygen atoms in total. The van der Waals surface area contributed by atoms with E-state index in [1.807, 2.05) is 24.3 Å². The van der Waals surface area contributed by atoms with Crippen molar-refractivity contribution in [3.63, 3.8) is 0 Å². The van der Waals surface area contributed by atoms with Crippen molar-refractivity contribution in [3.8, 4) is 0 Å². The van der Waals surface area contributed by atoms with Crippen LogP contribution < -0.4 is 0 Å². The number of para-hydroxylation sites is 2. The third-order valence-electron chi connectivity index (χ3n) is 5.73. The predicted octanol–water partition coefficient (Wildman–Crippen LogP) is 6.60. The van der Waals surface area contributed by atoms with Crippen molar-refractivity contribution in [3.05, 3.63) is 138 Å². The average Bonchev–Trinajstić information content (AvgIpc) is 3.25. The summed E-state index contributed by atoms with van der Waals surface area (Å²) in [6.07, 6.45) is 1.61. The van der Waals surface area contributed by atoms with Crippen LogP contribution in [0.3, 0.4) is 0 Å². The molecule has 0 spiro atoms. The van der Waals surface area contributed by atoms with Crippen LogP contribution in [-0.4, -0.2) is 4.98 Å². The fourth-order valence-corrected chi connectivity index (χ4v) is 4.26. The van der Waals surface area contributed by atoms with Gasteiger partial charge in [0, 0.05) is 0 Å². The van der Waals surface area contributed by atoms with Gasteiger partial charge in [0.15, 0.2) is 5.58 Å². The Morgan fingerprint density at radius 3 is 1.63 bits per heavy atom. The topological polar surface area (TPSA) is 26.0 Å². The number of hydrogen-bond donors (Lipinski definition) is 0. The maximum atomic E-state index is 6.42. The lowest BCUT2D eigenvalue weighted by molar-refractivity contribution is 0.377. The Balaban J connectivity index is 1.74. The molecule has 0 amide bonds. The molecule has 0 radical (unpaired) electrons. The molecule has 5 aromatic rings. The average molecular weight is 389 g/mol. The van der Waals surface area contributed by atoms with Crippen LogP contribution in [0.4, 0.5) is 0 Å². The van der Waals surface area contributed by atoms with E-state index in [1.165, 1.54) is 16.7 Å². The maximum absolute atomic E-state index is 6.42. The summed E-state index contributed by atoms with van der Waals surface area (Å²) in [6, 6.07) is 39.9.